The second-order valence-corrected chi connectivity index (χ2v) is 10.6. The minimum atomic E-state index is -4.37. The van der Waals surface area contributed by atoms with E-state index in [1.54, 1.807) is 0 Å². The number of alkyl halides is 3. The van der Waals surface area contributed by atoms with Gasteiger partial charge in [0.1, 0.15) is 5.75 Å². The molecular weight excluding hydrogens is 360 g/mol. The van der Waals surface area contributed by atoms with Crippen LogP contribution in [-0.4, -0.2) is 7.11 Å². The van der Waals surface area contributed by atoms with Crippen LogP contribution in [0.3, 0.4) is 0 Å². The van der Waals surface area contributed by atoms with Gasteiger partial charge in [-0.05, 0) is 43.1 Å². The zero-order valence-corrected chi connectivity index (χ0v) is 11.5. The highest BCUT2D eigenvalue weighted by Gasteiger charge is 2.36. The van der Waals surface area contributed by atoms with Crippen LogP contribution in [0.4, 0.5) is 13.2 Å². The van der Waals surface area contributed by atoms with E-state index in [9.17, 15) is 13.2 Å². The molecule has 0 amide bonds. The summed E-state index contributed by atoms with van der Waals surface area (Å²) in [5.41, 5.74) is -0.679. The third kappa shape index (κ3) is 3.08. The van der Waals surface area contributed by atoms with Crippen molar-refractivity contribution < 1.29 is 17.9 Å². The minimum Gasteiger partial charge on any atom is -0.496 e. The second-order valence-electron chi connectivity index (χ2n) is 2.59. The van der Waals surface area contributed by atoms with Crippen molar-refractivity contribution in [1.29, 1.82) is 0 Å². The maximum absolute atomic E-state index is 12.6. The standard InChI is InChI=1S/C8H6Br2F3OP/c1-14-6-4-2-3-5(8(11,12)13)7(6)15(9)10/h2-4H,1H3. The van der Waals surface area contributed by atoms with Crippen molar-refractivity contribution in [3.63, 3.8) is 0 Å². The zero-order valence-electron chi connectivity index (χ0n) is 7.48. The Labute approximate surface area is 102 Å². The van der Waals surface area contributed by atoms with E-state index in [1.807, 2.05) is 0 Å². The van der Waals surface area contributed by atoms with Crippen LogP contribution in [0.1, 0.15) is 5.56 Å². The van der Waals surface area contributed by atoms with E-state index in [0.29, 0.717) is 0 Å². The van der Waals surface area contributed by atoms with E-state index in [2.05, 4.69) is 31.0 Å². The number of halogens is 5. The molecule has 0 spiro atoms. The monoisotopic (exact) mass is 364 g/mol. The highest BCUT2D eigenvalue weighted by Crippen LogP contribution is 2.55. The Kier molecular flexibility index (Phi) is 4.44. The summed E-state index contributed by atoms with van der Waals surface area (Å²) >= 11 is 6.24. The molecule has 0 aliphatic carbocycles. The number of rotatable bonds is 2. The van der Waals surface area contributed by atoms with Crippen LogP contribution in [-0.2, 0) is 6.18 Å². The number of methoxy groups -OCH3 is 1. The predicted molar refractivity (Wildman–Crippen MR) is 62.4 cm³/mol. The summed E-state index contributed by atoms with van der Waals surface area (Å²) in [4.78, 5) is 0. The summed E-state index contributed by atoms with van der Waals surface area (Å²) in [7, 11) is 1.35. The highest BCUT2D eigenvalue weighted by atomic mass is 79.9. The lowest BCUT2D eigenvalue weighted by molar-refractivity contribution is -0.136. The fourth-order valence-electron chi connectivity index (χ4n) is 1.09. The minimum absolute atomic E-state index is 0.113. The molecule has 1 aromatic rings. The van der Waals surface area contributed by atoms with E-state index in [-0.39, 0.29) is 11.1 Å². The first-order valence-corrected chi connectivity index (χ1v) is 9.11. The van der Waals surface area contributed by atoms with E-state index >= 15 is 0 Å². The Hall–Kier alpha value is 0.200. The first-order chi connectivity index (χ1) is 6.88. The Balaban J connectivity index is 3.39. The van der Waals surface area contributed by atoms with Crippen LogP contribution in [0.5, 0.6) is 5.75 Å². The fourth-order valence-corrected chi connectivity index (χ4v) is 4.00. The molecule has 0 heterocycles. The van der Waals surface area contributed by atoms with Gasteiger partial charge in [0, 0.05) is 0 Å². The Morgan fingerprint density at radius 3 is 2.27 bits per heavy atom. The third-order valence-corrected chi connectivity index (χ3v) is 4.62. The van der Waals surface area contributed by atoms with E-state index in [0.717, 1.165) is 6.07 Å². The molecule has 0 radical (unpaired) electrons. The van der Waals surface area contributed by atoms with Crippen molar-refractivity contribution in [3.8, 4) is 5.75 Å². The van der Waals surface area contributed by atoms with Crippen molar-refractivity contribution in [3.05, 3.63) is 23.8 Å². The Bertz CT molecular complexity index is 354. The average molecular weight is 366 g/mol. The molecule has 0 aromatic heterocycles. The molecule has 0 N–H and O–H groups in total. The first-order valence-electron chi connectivity index (χ1n) is 3.74. The van der Waals surface area contributed by atoms with E-state index < -0.39 is 17.1 Å². The molecule has 1 nitrogen and oxygen atoms in total. The van der Waals surface area contributed by atoms with Gasteiger partial charge in [-0.1, -0.05) is 6.07 Å². The van der Waals surface area contributed by atoms with Crippen molar-refractivity contribution in [1.82, 2.24) is 0 Å². The molecule has 0 saturated carbocycles. The van der Waals surface area contributed by atoms with Crippen LogP contribution in [0.15, 0.2) is 18.2 Å². The molecule has 0 atom stereocenters. The van der Waals surface area contributed by atoms with Crippen molar-refractivity contribution in [2.24, 2.45) is 0 Å². The highest BCUT2D eigenvalue weighted by molar-refractivity contribution is 9.70. The number of hydrogen-bond acceptors (Lipinski definition) is 1. The van der Waals surface area contributed by atoms with Gasteiger partial charge in [0.05, 0.1) is 23.3 Å². The molecule has 0 saturated heterocycles. The SMILES string of the molecule is COc1cccc(C(F)(F)F)c1P(Br)Br. The van der Waals surface area contributed by atoms with Gasteiger partial charge < -0.3 is 4.74 Å². The van der Waals surface area contributed by atoms with Crippen molar-refractivity contribution >= 4 is 41.6 Å². The lowest BCUT2D eigenvalue weighted by Gasteiger charge is -2.16. The van der Waals surface area contributed by atoms with Gasteiger partial charge in [0.15, 0.2) is 0 Å². The first kappa shape index (κ1) is 13.3. The van der Waals surface area contributed by atoms with Crippen LogP contribution in [0.2, 0.25) is 0 Å². The molecule has 1 rings (SSSR count). The van der Waals surface area contributed by atoms with Crippen LogP contribution >= 0.6 is 36.3 Å². The van der Waals surface area contributed by atoms with Crippen molar-refractivity contribution in [2.75, 3.05) is 7.11 Å². The van der Waals surface area contributed by atoms with Gasteiger partial charge in [-0.25, -0.2) is 0 Å². The number of hydrogen-bond donors (Lipinski definition) is 0. The predicted octanol–water partition coefficient (Wildman–Crippen LogP) is 4.44. The normalized spacial score (nSPS) is 11.9. The Morgan fingerprint density at radius 2 is 1.87 bits per heavy atom. The quantitative estimate of drug-likeness (QED) is 0.704. The second kappa shape index (κ2) is 5.02. The largest absolute Gasteiger partial charge is 0.496 e. The maximum Gasteiger partial charge on any atom is 0.417 e. The van der Waals surface area contributed by atoms with Gasteiger partial charge in [-0.15, -0.1) is 0 Å². The smallest absolute Gasteiger partial charge is 0.417 e. The molecule has 15 heavy (non-hydrogen) atoms. The van der Waals surface area contributed by atoms with E-state index in [4.69, 9.17) is 4.74 Å². The topological polar surface area (TPSA) is 9.23 Å². The molecule has 7 heteroatoms. The zero-order chi connectivity index (χ0) is 11.6. The molecule has 0 fully saturated rings. The summed E-state index contributed by atoms with van der Waals surface area (Å²) in [6.45, 7) is 0. The number of ether oxygens (including phenoxy) is 1. The summed E-state index contributed by atoms with van der Waals surface area (Å²) < 4.78 is 42.8. The molecule has 0 unspecified atom stereocenters. The summed E-state index contributed by atoms with van der Waals surface area (Å²) in [6, 6.07) is 3.86. The van der Waals surface area contributed by atoms with Crippen molar-refractivity contribution in [2.45, 2.75) is 6.18 Å². The van der Waals surface area contributed by atoms with Gasteiger partial charge in [-0.3, -0.25) is 0 Å². The lowest BCUT2D eigenvalue weighted by atomic mass is 10.2. The van der Waals surface area contributed by atoms with Gasteiger partial charge in [0.2, 0.25) is 0 Å². The van der Waals surface area contributed by atoms with E-state index in [1.165, 1.54) is 19.2 Å². The summed E-state index contributed by atoms with van der Waals surface area (Å²) in [5.74, 6) is 0.227. The average Bonchev–Trinajstić information content (AvgIpc) is 2.15. The van der Waals surface area contributed by atoms with Crippen LogP contribution in [0.25, 0.3) is 0 Å². The fraction of sp³-hybridized carbons (Fsp3) is 0.250. The molecule has 84 valence electrons. The molecule has 1 aromatic carbocycles. The summed E-state index contributed by atoms with van der Waals surface area (Å²) in [6.07, 6.45) is -4.37. The van der Waals surface area contributed by atoms with Gasteiger partial charge in [-0.2, -0.15) is 13.2 Å². The molecule has 0 aliphatic heterocycles. The van der Waals surface area contributed by atoms with Crippen LogP contribution in [0, 0.1) is 0 Å². The summed E-state index contributed by atoms with van der Waals surface area (Å²) in [5, 5.41) is -1.11. The maximum atomic E-state index is 12.6. The lowest BCUT2D eigenvalue weighted by Crippen LogP contribution is -2.17. The van der Waals surface area contributed by atoms with Crippen LogP contribution < -0.4 is 10.0 Å². The Morgan fingerprint density at radius 1 is 1.27 bits per heavy atom. The third-order valence-electron chi connectivity index (χ3n) is 1.69. The van der Waals surface area contributed by atoms with Gasteiger partial charge in [0.25, 0.3) is 0 Å². The van der Waals surface area contributed by atoms with Gasteiger partial charge >= 0.3 is 6.18 Å². The molecule has 0 bridgehead atoms. The molecule has 0 aliphatic rings. The molecular formula is C8H6Br2F3OP. The number of benzene rings is 1.